The number of hydrogen-bond acceptors (Lipinski definition) is 2. The molecule has 1 heterocycles. The van der Waals surface area contributed by atoms with Gasteiger partial charge in [0.1, 0.15) is 0 Å². The van der Waals surface area contributed by atoms with Crippen LogP contribution in [-0.2, 0) is 17.8 Å². The van der Waals surface area contributed by atoms with Crippen molar-refractivity contribution in [1.29, 1.82) is 0 Å². The highest BCUT2D eigenvalue weighted by molar-refractivity contribution is 9.10. The lowest BCUT2D eigenvalue weighted by Crippen LogP contribution is -2.21. The van der Waals surface area contributed by atoms with Crippen LogP contribution in [0.1, 0.15) is 11.1 Å². The molecule has 0 aliphatic heterocycles. The van der Waals surface area contributed by atoms with Crippen molar-refractivity contribution in [3.8, 4) is 0 Å². The lowest BCUT2D eigenvalue weighted by atomic mass is 10.1. The summed E-state index contributed by atoms with van der Waals surface area (Å²) in [7, 11) is 0. The van der Waals surface area contributed by atoms with Crippen molar-refractivity contribution in [2.45, 2.75) is 13.0 Å². The fraction of sp³-hybridized carbons (Fsp3) is 0.100. The zero-order valence-corrected chi connectivity index (χ0v) is 16.1. The molecular formula is C20H16BrClN2O2. The van der Waals surface area contributed by atoms with Gasteiger partial charge in [-0.25, -0.2) is 0 Å². The summed E-state index contributed by atoms with van der Waals surface area (Å²) in [4.78, 5) is 24.3. The first-order chi connectivity index (χ1) is 12.5. The van der Waals surface area contributed by atoms with Crippen LogP contribution in [-0.4, -0.2) is 10.5 Å². The van der Waals surface area contributed by atoms with Gasteiger partial charge in [0, 0.05) is 21.8 Å². The summed E-state index contributed by atoms with van der Waals surface area (Å²) >= 11 is 9.53. The number of carbonyl (C=O) groups is 1. The Bertz CT molecular complexity index is 984. The normalized spacial score (nSPS) is 10.5. The van der Waals surface area contributed by atoms with E-state index >= 15 is 0 Å². The quantitative estimate of drug-likeness (QED) is 0.647. The van der Waals surface area contributed by atoms with E-state index in [1.54, 1.807) is 18.3 Å². The van der Waals surface area contributed by atoms with E-state index in [4.69, 9.17) is 11.6 Å². The molecule has 1 aromatic heterocycles. The van der Waals surface area contributed by atoms with Gasteiger partial charge in [-0.15, -0.1) is 0 Å². The molecule has 0 spiro atoms. The van der Waals surface area contributed by atoms with Crippen molar-refractivity contribution >= 4 is 39.1 Å². The number of rotatable bonds is 5. The van der Waals surface area contributed by atoms with Gasteiger partial charge in [-0.1, -0.05) is 57.9 Å². The Morgan fingerprint density at radius 3 is 2.50 bits per heavy atom. The highest BCUT2D eigenvalue weighted by Gasteiger charge is 2.07. The highest BCUT2D eigenvalue weighted by atomic mass is 79.9. The fourth-order valence-electron chi connectivity index (χ4n) is 2.53. The molecule has 3 aromatic rings. The Morgan fingerprint density at radius 1 is 1.04 bits per heavy atom. The van der Waals surface area contributed by atoms with Crippen molar-refractivity contribution in [2.75, 3.05) is 5.32 Å². The minimum absolute atomic E-state index is 0.143. The second kappa shape index (κ2) is 8.34. The molecule has 0 aliphatic carbocycles. The van der Waals surface area contributed by atoms with E-state index in [1.807, 2.05) is 42.5 Å². The molecule has 2 aromatic carbocycles. The van der Waals surface area contributed by atoms with Gasteiger partial charge >= 0.3 is 0 Å². The van der Waals surface area contributed by atoms with Gasteiger partial charge in [-0.3, -0.25) is 9.59 Å². The predicted molar refractivity (Wildman–Crippen MR) is 108 cm³/mol. The first-order valence-electron chi connectivity index (χ1n) is 7.99. The van der Waals surface area contributed by atoms with Gasteiger partial charge in [-0.2, -0.15) is 0 Å². The van der Waals surface area contributed by atoms with Crippen molar-refractivity contribution < 1.29 is 4.79 Å². The lowest BCUT2D eigenvalue weighted by Gasteiger charge is -2.11. The third kappa shape index (κ3) is 4.84. The number of benzene rings is 2. The van der Waals surface area contributed by atoms with E-state index in [0.717, 1.165) is 15.6 Å². The molecule has 0 aliphatic rings. The smallest absolute Gasteiger partial charge is 0.250 e. The SMILES string of the molecule is O=C(Cc1ccc(Br)cc1)Nc1ccc(=O)n(Cc2ccccc2Cl)c1. The second-order valence-electron chi connectivity index (χ2n) is 5.83. The first kappa shape index (κ1) is 18.4. The van der Waals surface area contributed by atoms with Crippen LogP contribution in [0.25, 0.3) is 0 Å². The van der Waals surface area contributed by atoms with Gasteiger partial charge in [0.15, 0.2) is 0 Å². The Balaban J connectivity index is 1.72. The van der Waals surface area contributed by atoms with Crippen LogP contribution >= 0.6 is 27.5 Å². The largest absolute Gasteiger partial charge is 0.324 e. The van der Waals surface area contributed by atoms with Gasteiger partial charge < -0.3 is 9.88 Å². The van der Waals surface area contributed by atoms with Gasteiger partial charge in [0.2, 0.25) is 5.91 Å². The predicted octanol–water partition coefficient (Wildman–Crippen LogP) is 4.49. The van der Waals surface area contributed by atoms with E-state index < -0.39 is 0 Å². The number of anilines is 1. The molecule has 1 N–H and O–H groups in total. The van der Waals surface area contributed by atoms with E-state index in [9.17, 15) is 9.59 Å². The summed E-state index contributed by atoms with van der Waals surface area (Å²) in [6, 6.07) is 18.0. The van der Waals surface area contributed by atoms with Crippen molar-refractivity contribution in [1.82, 2.24) is 4.57 Å². The molecule has 132 valence electrons. The Morgan fingerprint density at radius 2 is 1.77 bits per heavy atom. The molecule has 0 atom stereocenters. The average molecular weight is 432 g/mol. The zero-order chi connectivity index (χ0) is 18.5. The van der Waals surface area contributed by atoms with Gasteiger partial charge in [0.25, 0.3) is 5.56 Å². The van der Waals surface area contributed by atoms with Gasteiger partial charge in [0.05, 0.1) is 18.7 Å². The maximum absolute atomic E-state index is 12.2. The molecule has 6 heteroatoms. The first-order valence-corrected chi connectivity index (χ1v) is 9.16. The number of nitrogens with zero attached hydrogens (tertiary/aromatic N) is 1. The van der Waals surface area contributed by atoms with E-state index in [-0.39, 0.29) is 17.9 Å². The molecule has 0 radical (unpaired) electrons. The van der Waals surface area contributed by atoms with Gasteiger partial charge in [-0.05, 0) is 35.4 Å². The maximum Gasteiger partial charge on any atom is 0.250 e. The number of halogens is 2. The third-order valence-electron chi connectivity index (χ3n) is 3.84. The number of amides is 1. The van der Waals surface area contributed by atoms with Crippen molar-refractivity contribution in [3.63, 3.8) is 0 Å². The number of carbonyl (C=O) groups excluding carboxylic acids is 1. The van der Waals surface area contributed by atoms with Crippen molar-refractivity contribution in [2.24, 2.45) is 0 Å². The van der Waals surface area contributed by atoms with E-state index in [0.29, 0.717) is 17.3 Å². The van der Waals surface area contributed by atoms with Crippen LogP contribution < -0.4 is 10.9 Å². The van der Waals surface area contributed by atoms with Crippen LogP contribution in [0.2, 0.25) is 5.02 Å². The summed E-state index contributed by atoms with van der Waals surface area (Å²) < 4.78 is 2.49. The monoisotopic (exact) mass is 430 g/mol. The third-order valence-corrected chi connectivity index (χ3v) is 4.74. The number of pyridine rings is 1. The molecule has 0 fully saturated rings. The molecule has 0 saturated heterocycles. The number of hydrogen-bond donors (Lipinski definition) is 1. The van der Waals surface area contributed by atoms with Crippen LogP contribution in [0.3, 0.4) is 0 Å². The molecule has 3 rings (SSSR count). The standard InChI is InChI=1S/C20H16BrClN2O2/c21-16-7-5-14(6-8-16)11-19(25)23-17-9-10-20(26)24(13-17)12-15-3-1-2-4-18(15)22/h1-10,13H,11-12H2,(H,23,25). The summed E-state index contributed by atoms with van der Waals surface area (Å²) in [6.45, 7) is 0.342. The van der Waals surface area contributed by atoms with Crippen LogP contribution in [0, 0.1) is 0 Å². The number of nitrogens with one attached hydrogen (secondary N) is 1. The van der Waals surface area contributed by atoms with Crippen LogP contribution in [0.15, 0.2) is 76.1 Å². The topological polar surface area (TPSA) is 51.1 Å². The molecular weight excluding hydrogens is 416 g/mol. The maximum atomic E-state index is 12.2. The zero-order valence-electron chi connectivity index (χ0n) is 13.8. The molecule has 4 nitrogen and oxygen atoms in total. The molecule has 0 bridgehead atoms. The fourth-order valence-corrected chi connectivity index (χ4v) is 2.99. The van der Waals surface area contributed by atoms with E-state index in [2.05, 4.69) is 21.2 Å². The Kier molecular flexibility index (Phi) is 5.91. The van der Waals surface area contributed by atoms with Crippen LogP contribution in [0.5, 0.6) is 0 Å². The summed E-state index contributed by atoms with van der Waals surface area (Å²) in [6.07, 6.45) is 1.89. The van der Waals surface area contributed by atoms with Crippen LogP contribution in [0.4, 0.5) is 5.69 Å². The molecule has 26 heavy (non-hydrogen) atoms. The molecule has 0 saturated carbocycles. The molecule has 1 amide bonds. The summed E-state index contributed by atoms with van der Waals surface area (Å²) in [5, 5.41) is 3.43. The second-order valence-corrected chi connectivity index (χ2v) is 7.15. The van der Waals surface area contributed by atoms with E-state index in [1.165, 1.54) is 10.6 Å². The Labute approximate surface area is 164 Å². The summed E-state index contributed by atoms with van der Waals surface area (Å²) in [5.74, 6) is -0.143. The Hall–Kier alpha value is -2.37. The average Bonchev–Trinajstić information content (AvgIpc) is 2.62. The minimum Gasteiger partial charge on any atom is -0.324 e. The number of aromatic nitrogens is 1. The lowest BCUT2D eigenvalue weighted by molar-refractivity contribution is -0.115. The van der Waals surface area contributed by atoms with Crippen molar-refractivity contribution in [3.05, 3.63) is 97.8 Å². The highest BCUT2D eigenvalue weighted by Crippen LogP contribution is 2.16. The molecule has 0 unspecified atom stereocenters. The summed E-state index contributed by atoms with van der Waals surface area (Å²) in [5.41, 5.74) is 2.17. The minimum atomic E-state index is -0.157.